The second-order valence-electron chi connectivity index (χ2n) is 6.94. The van der Waals surface area contributed by atoms with Crippen molar-refractivity contribution >= 4 is 46.3 Å². The molecule has 8 heteroatoms. The molecule has 0 spiro atoms. The van der Waals surface area contributed by atoms with Crippen molar-refractivity contribution in [1.82, 2.24) is 9.80 Å². The molecule has 0 aliphatic carbocycles. The molecule has 2 fully saturated rings. The van der Waals surface area contributed by atoms with E-state index >= 15 is 0 Å². The number of carbonyl (C=O) groups excluding carboxylic acids is 3. The van der Waals surface area contributed by atoms with E-state index in [1.807, 2.05) is 0 Å². The minimum absolute atomic E-state index is 0.0772. The van der Waals surface area contributed by atoms with E-state index in [2.05, 4.69) is 22.6 Å². The van der Waals surface area contributed by atoms with Crippen LogP contribution in [-0.2, 0) is 9.59 Å². The third-order valence-electron chi connectivity index (χ3n) is 5.47. The van der Waals surface area contributed by atoms with Gasteiger partial charge in [0.15, 0.2) is 0 Å². The molecule has 1 unspecified atom stereocenters. The smallest absolute Gasteiger partial charge is 0.326 e. The van der Waals surface area contributed by atoms with Crippen LogP contribution in [0.25, 0.3) is 0 Å². The summed E-state index contributed by atoms with van der Waals surface area (Å²) in [5.41, 5.74) is 0.597. The Balaban J connectivity index is 1.72. The third-order valence-corrected chi connectivity index (χ3v) is 6.49. The molecule has 1 N–H and O–H groups in total. The van der Waals surface area contributed by atoms with Gasteiger partial charge in [-0.05, 0) is 37.8 Å². The average molecular weight is 468 g/mol. The topological polar surface area (TPSA) is 95.0 Å². The fourth-order valence-corrected chi connectivity index (χ4v) is 5.37. The number of benzene rings is 1. The van der Waals surface area contributed by atoms with E-state index in [0.29, 0.717) is 36.8 Å². The first-order valence-electron chi connectivity index (χ1n) is 8.56. The Morgan fingerprint density at radius 1 is 1.04 bits per heavy atom. The van der Waals surface area contributed by atoms with E-state index in [4.69, 9.17) is 0 Å². The number of amides is 3. The van der Waals surface area contributed by atoms with Gasteiger partial charge in [-0.2, -0.15) is 0 Å². The van der Waals surface area contributed by atoms with Gasteiger partial charge in [-0.15, -0.1) is 0 Å². The van der Waals surface area contributed by atoms with Crippen molar-refractivity contribution in [2.75, 3.05) is 0 Å². The lowest BCUT2D eigenvalue weighted by Gasteiger charge is -2.31. The Bertz CT molecular complexity index is 791. The fraction of sp³-hybridized carbons (Fsp3) is 0.444. The summed E-state index contributed by atoms with van der Waals surface area (Å²) in [4.78, 5) is 52.9. The number of carboxylic acid groups (broad SMARTS) is 1. The predicted octanol–water partition coefficient (Wildman–Crippen LogP) is 1.69. The Morgan fingerprint density at radius 2 is 1.65 bits per heavy atom. The summed E-state index contributed by atoms with van der Waals surface area (Å²) in [6, 6.07) is 4.54. The number of alkyl halides is 1. The highest BCUT2D eigenvalue weighted by molar-refractivity contribution is 14.1. The zero-order chi connectivity index (χ0) is 18.6. The van der Waals surface area contributed by atoms with Crippen molar-refractivity contribution in [2.24, 2.45) is 0 Å². The molecule has 2 saturated heterocycles. The summed E-state index contributed by atoms with van der Waals surface area (Å²) in [5.74, 6) is -2.41. The molecule has 0 radical (unpaired) electrons. The second kappa shape index (κ2) is 6.33. The van der Waals surface area contributed by atoms with Gasteiger partial charge in [0, 0.05) is 9.97 Å². The molecule has 26 heavy (non-hydrogen) atoms. The number of nitrogens with zero attached hydrogens (tertiary/aromatic N) is 2. The number of imide groups is 1. The first-order valence-corrected chi connectivity index (χ1v) is 9.80. The van der Waals surface area contributed by atoms with E-state index in [0.717, 1.165) is 4.90 Å². The number of hydrogen-bond acceptors (Lipinski definition) is 4. The molecule has 0 saturated carbocycles. The molecule has 7 nitrogen and oxygen atoms in total. The zero-order valence-corrected chi connectivity index (χ0v) is 16.0. The molecule has 3 heterocycles. The standard InChI is InChI=1S/C18H17IN2O5/c19-9-7-10-5-6-13(18(25)26)20(10)17(24)14(8-9)21-15(22)11-3-1-2-4-12(11)16(21)23/h1-4,9-10,13-14H,5-8H2,(H,25,26)/t9?,10-,13+,14+/m1/s1. The van der Waals surface area contributed by atoms with Gasteiger partial charge >= 0.3 is 5.97 Å². The number of fused-ring (bicyclic) bond motifs is 2. The number of hydrogen-bond donors (Lipinski definition) is 1. The molecular formula is C18H17IN2O5. The van der Waals surface area contributed by atoms with Gasteiger partial charge in [0.2, 0.25) is 5.91 Å². The number of aliphatic carboxylic acids is 1. The summed E-state index contributed by atoms with van der Waals surface area (Å²) >= 11 is 2.23. The lowest BCUT2D eigenvalue weighted by Crippen LogP contribution is -2.54. The van der Waals surface area contributed by atoms with Crippen LogP contribution in [0.2, 0.25) is 0 Å². The summed E-state index contributed by atoms with van der Waals surface area (Å²) in [7, 11) is 0. The molecule has 0 aromatic heterocycles. The monoisotopic (exact) mass is 468 g/mol. The number of carbonyl (C=O) groups is 4. The average Bonchev–Trinajstić information content (AvgIpc) is 3.09. The minimum Gasteiger partial charge on any atom is -0.480 e. The maximum atomic E-state index is 13.2. The van der Waals surface area contributed by atoms with Gasteiger partial charge in [0.1, 0.15) is 12.1 Å². The van der Waals surface area contributed by atoms with Crippen molar-refractivity contribution in [1.29, 1.82) is 0 Å². The Kier molecular flexibility index (Phi) is 4.25. The molecule has 1 aromatic rings. The second-order valence-corrected chi connectivity index (χ2v) is 8.70. The highest BCUT2D eigenvalue weighted by Gasteiger charge is 2.51. The zero-order valence-electron chi connectivity index (χ0n) is 13.8. The van der Waals surface area contributed by atoms with Gasteiger partial charge in [-0.1, -0.05) is 34.7 Å². The van der Waals surface area contributed by atoms with Crippen LogP contribution in [0.5, 0.6) is 0 Å². The van der Waals surface area contributed by atoms with Crippen LogP contribution in [0.3, 0.4) is 0 Å². The molecule has 4 rings (SSSR count). The van der Waals surface area contributed by atoms with Crippen molar-refractivity contribution < 1.29 is 24.3 Å². The minimum atomic E-state index is -1.03. The van der Waals surface area contributed by atoms with E-state index < -0.39 is 35.8 Å². The lowest BCUT2D eigenvalue weighted by atomic mass is 10.0. The number of halogens is 1. The third kappa shape index (κ3) is 2.53. The van der Waals surface area contributed by atoms with Gasteiger partial charge in [0.05, 0.1) is 11.1 Å². The highest BCUT2D eigenvalue weighted by Crippen LogP contribution is 2.37. The summed E-state index contributed by atoms with van der Waals surface area (Å²) in [5, 5.41) is 9.48. The van der Waals surface area contributed by atoms with E-state index in [1.165, 1.54) is 4.90 Å². The Hall–Kier alpha value is -1.97. The molecular weight excluding hydrogens is 451 g/mol. The molecule has 0 bridgehead atoms. The molecule has 3 amide bonds. The molecule has 3 aliphatic rings. The number of rotatable bonds is 2. The largest absolute Gasteiger partial charge is 0.480 e. The number of carboxylic acids is 1. The van der Waals surface area contributed by atoms with Gasteiger partial charge < -0.3 is 10.0 Å². The highest BCUT2D eigenvalue weighted by atomic mass is 127. The van der Waals surface area contributed by atoms with Crippen LogP contribution in [0.4, 0.5) is 0 Å². The summed E-state index contributed by atoms with van der Waals surface area (Å²) in [6.45, 7) is 0. The molecule has 136 valence electrons. The Morgan fingerprint density at radius 3 is 2.23 bits per heavy atom. The van der Waals surface area contributed by atoms with Crippen LogP contribution in [0.1, 0.15) is 46.4 Å². The van der Waals surface area contributed by atoms with Crippen molar-refractivity contribution in [3.63, 3.8) is 0 Å². The molecule has 1 aromatic carbocycles. The maximum Gasteiger partial charge on any atom is 0.326 e. The van der Waals surface area contributed by atoms with Gasteiger partial charge in [-0.3, -0.25) is 19.3 Å². The van der Waals surface area contributed by atoms with Crippen LogP contribution in [-0.4, -0.2) is 60.6 Å². The van der Waals surface area contributed by atoms with Crippen LogP contribution < -0.4 is 0 Å². The van der Waals surface area contributed by atoms with Crippen LogP contribution >= 0.6 is 22.6 Å². The van der Waals surface area contributed by atoms with Crippen molar-refractivity contribution in [2.45, 2.75) is 47.7 Å². The van der Waals surface area contributed by atoms with Crippen molar-refractivity contribution in [3.8, 4) is 0 Å². The lowest BCUT2D eigenvalue weighted by molar-refractivity contribution is -0.150. The Labute approximate surface area is 163 Å². The molecule has 4 atom stereocenters. The van der Waals surface area contributed by atoms with E-state index in [-0.39, 0.29) is 9.97 Å². The van der Waals surface area contributed by atoms with Crippen LogP contribution in [0, 0.1) is 0 Å². The normalized spacial score (nSPS) is 31.0. The van der Waals surface area contributed by atoms with E-state index in [9.17, 15) is 24.3 Å². The first kappa shape index (κ1) is 17.4. The quantitative estimate of drug-likeness (QED) is 0.405. The van der Waals surface area contributed by atoms with Crippen molar-refractivity contribution in [3.05, 3.63) is 35.4 Å². The fourth-order valence-electron chi connectivity index (χ4n) is 4.30. The summed E-state index contributed by atoms with van der Waals surface area (Å²) < 4.78 is 0.0772. The maximum absolute atomic E-state index is 13.2. The van der Waals surface area contributed by atoms with Gasteiger partial charge in [0.25, 0.3) is 11.8 Å². The van der Waals surface area contributed by atoms with E-state index in [1.54, 1.807) is 24.3 Å². The summed E-state index contributed by atoms with van der Waals surface area (Å²) in [6.07, 6.45) is 2.07. The predicted molar refractivity (Wildman–Crippen MR) is 99.1 cm³/mol. The van der Waals surface area contributed by atoms with Crippen LogP contribution in [0.15, 0.2) is 24.3 Å². The molecule has 3 aliphatic heterocycles. The SMILES string of the molecule is O=C(O)[C@@H]1CC[C@@H]2CC(I)C[C@H](N3C(=O)c4ccccc4C3=O)C(=O)N21. The van der Waals surface area contributed by atoms with Gasteiger partial charge in [-0.25, -0.2) is 4.79 Å². The first-order chi connectivity index (χ1) is 12.4.